The van der Waals surface area contributed by atoms with Gasteiger partial charge in [-0.1, -0.05) is 22.0 Å². The third-order valence-electron chi connectivity index (χ3n) is 3.54. The lowest BCUT2D eigenvalue weighted by molar-refractivity contribution is 0.102. The molecule has 0 bridgehead atoms. The molecular weight excluding hydrogens is 400 g/mol. The van der Waals surface area contributed by atoms with Crippen LogP contribution in [0.3, 0.4) is 0 Å². The maximum atomic E-state index is 12.4. The molecule has 0 saturated heterocycles. The van der Waals surface area contributed by atoms with Crippen molar-refractivity contribution in [3.05, 3.63) is 63.4 Å². The molecule has 0 radical (unpaired) electrons. The summed E-state index contributed by atoms with van der Waals surface area (Å²) >= 11 is 4.84. The highest BCUT2D eigenvalue weighted by Gasteiger charge is 2.13. The van der Waals surface area contributed by atoms with E-state index in [1.54, 1.807) is 12.1 Å². The maximum absolute atomic E-state index is 12.4. The highest BCUT2D eigenvalue weighted by molar-refractivity contribution is 9.10. The molecule has 1 amide bonds. The zero-order valence-corrected chi connectivity index (χ0v) is 16.3. The monoisotopic (exact) mass is 416 g/mol. The van der Waals surface area contributed by atoms with E-state index >= 15 is 0 Å². The summed E-state index contributed by atoms with van der Waals surface area (Å²) in [6.45, 7) is 4.60. The Morgan fingerprint density at radius 3 is 2.68 bits per heavy atom. The van der Waals surface area contributed by atoms with Gasteiger partial charge >= 0.3 is 0 Å². The smallest absolute Gasteiger partial charge is 0.257 e. The van der Waals surface area contributed by atoms with E-state index < -0.39 is 0 Å². The van der Waals surface area contributed by atoms with Crippen LogP contribution in [-0.2, 0) is 0 Å². The molecule has 25 heavy (non-hydrogen) atoms. The van der Waals surface area contributed by atoms with Gasteiger partial charge in [-0.3, -0.25) is 10.1 Å². The minimum Gasteiger partial charge on any atom is -0.494 e. The first-order valence-corrected chi connectivity index (χ1v) is 9.45. The van der Waals surface area contributed by atoms with Crippen molar-refractivity contribution in [3.63, 3.8) is 0 Å². The molecule has 0 atom stereocenters. The number of anilines is 1. The van der Waals surface area contributed by atoms with Gasteiger partial charge in [-0.25, -0.2) is 4.98 Å². The molecule has 0 fully saturated rings. The predicted molar refractivity (Wildman–Crippen MR) is 106 cm³/mol. The first-order valence-electron chi connectivity index (χ1n) is 7.84. The molecule has 0 saturated carbocycles. The van der Waals surface area contributed by atoms with Gasteiger partial charge in [-0.2, -0.15) is 0 Å². The van der Waals surface area contributed by atoms with Crippen molar-refractivity contribution in [3.8, 4) is 17.0 Å². The van der Waals surface area contributed by atoms with Crippen molar-refractivity contribution >= 4 is 38.3 Å². The second kappa shape index (κ2) is 7.80. The van der Waals surface area contributed by atoms with Crippen LogP contribution in [0.2, 0.25) is 0 Å². The molecule has 1 heterocycles. The van der Waals surface area contributed by atoms with Crippen molar-refractivity contribution in [2.75, 3.05) is 11.9 Å². The summed E-state index contributed by atoms with van der Waals surface area (Å²) in [5, 5.41) is 3.46. The van der Waals surface area contributed by atoms with Gasteiger partial charge in [-0.05, 0) is 56.3 Å². The number of carbonyl (C=O) groups is 1. The van der Waals surface area contributed by atoms with Gasteiger partial charge in [0.2, 0.25) is 0 Å². The third-order valence-corrected chi connectivity index (χ3v) is 4.92. The Morgan fingerprint density at radius 1 is 1.24 bits per heavy atom. The lowest BCUT2D eigenvalue weighted by atomic mass is 10.1. The molecule has 1 N–H and O–H groups in total. The van der Waals surface area contributed by atoms with Crippen LogP contribution in [0.4, 0.5) is 5.13 Å². The van der Waals surface area contributed by atoms with Crippen LogP contribution in [0.5, 0.6) is 5.75 Å². The van der Waals surface area contributed by atoms with Crippen LogP contribution < -0.4 is 10.1 Å². The molecule has 3 aromatic rings. The number of nitrogens with one attached hydrogen (secondary N) is 1. The Hall–Kier alpha value is -2.18. The van der Waals surface area contributed by atoms with Crippen LogP contribution in [-0.4, -0.2) is 17.5 Å². The van der Waals surface area contributed by atoms with E-state index in [2.05, 4.69) is 26.2 Å². The lowest BCUT2D eigenvalue weighted by Gasteiger charge is -2.04. The molecule has 0 spiro atoms. The number of aryl methyl sites for hydroxylation is 1. The first kappa shape index (κ1) is 17.6. The number of hydrogen-bond acceptors (Lipinski definition) is 4. The van der Waals surface area contributed by atoms with E-state index in [0.29, 0.717) is 17.3 Å². The number of thiazole rings is 1. The topological polar surface area (TPSA) is 51.2 Å². The molecule has 0 unspecified atom stereocenters. The summed E-state index contributed by atoms with van der Waals surface area (Å²) in [7, 11) is 0. The van der Waals surface area contributed by atoms with E-state index in [4.69, 9.17) is 4.74 Å². The fourth-order valence-electron chi connectivity index (χ4n) is 2.39. The summed E-state index contributed by atoms with van der Waals surface area (Å²) in [5.74, 6) is 0.663. The lowest BCUT2D eigenvalue weighted by Crippen LogP contribution is -2.11. The number of nitrogens with zero attached hydrogens (tertiary/aromatic N) is 1. The standard InChI is InChI=1S/C19H17BrN2O2S/c1-3-24-16-9-7-13(8-10-16)17-12(2)25-19(21-17)22-18(23)14-5-4-6-15(20)11-14/h4-11H,3H2,1-2H3,(H,21,22,23). The Kier molecular flexibility index (Phi) is 5.50. The summed E-state index contributed by atoms with van der Waals surface area (Å²) < 4.78 is 6.33. The fraction of sp³-hybridized carbons (Fsp3) is 0.158. The number of ether oxygens (including phenoxy) is 1. The second-order valence-corrected chi connectivity index (χ2v) is 7.46. The normalized spacial score (nSPS) is 10.5. The van der Waals surface area contributed by atoms with E-state index in [0.717, 1.165) is 26.4 Å². The maximum Gasteiger partial charge on any atom is 0.257 e. The summed E-state index contributed by atoms with van der Waals surface area (Å²) in [6, 6.07) is 15.1. The average molecular weight is 417 g/mol. The highest BCUT2D eigenvalue weighted by Crippen LogP contribution is 2.31. The van der Waals surface area contributed by atoms with Gasteiger partial charge in [0.15, 0.2) is 5.13 Å². The van der Waals surface area contributed by atoms with Gasteiger partial charge in [0.25, 0.3) is 5.91 Å². The molecule has 0 aliphatic rings. The number of hydrogen-bond donors (Lipinski definition) is 1. The molecular formula is C19H17BrN2O2S. The van der Waals surface area contributed by atoms with Gasteiger partial charge in [0, 0.05) is 20.5 Å². The van der Waals surface area contributed by atoms with Gasteiger partial charge in [-0.15, -0.1) is 11.3 Å². The van der Waals surface area contributed by atoms with Crippen molar-refractivity contribution in [1.82, 2.24) is 4.98 Å². The third kappa shape index (κ3) is 4.27. The SMILES string of the molecule is CCOc1ccc(-c2nc(NC(=O)c3cccc(Br)c3)sc2C)cc1. The Balaban J connectivity index is 1.79. The van der Waals surface area contributed by atoms with Crippen LogP contribution in [0, 0.1) is 6.92 Å². The minimum atomic E-state index is -0.173. The van der Waals surface area contributed by atoms with Crippen molar-refractivity contribution < 1.29 is 9.53 Å². The van der Waals surface area contributed by atoms with E-state index in [1.807, 2.05) is 50.2 Å². The summed E-state index contributed by atoms with van der Waals surface area (Å²) in [6.07, 6.45) is 0. The molecule has 128 valence electrons. The number of benzene rings is 2. The van der Waals surface area contributed by atoms with Gasteiger partial charge in [0.05, 0.1) is 12.3 Å². The molecule has 2 aromatic carbocycles. The zero-order valence-electron chi connectivity index (χ0n) is 13.9. The van der Waals surface area contributed by atoms with Crippen LogP contribution in [0.15, 0.2) is 53.0 Å². The molecule has 6 heteroatoms. The Morgan fingerprint density at radius 2 is 2.00 bits per heavy atom. The predicted octanol–water partition coefficient (Wildman–Crippen LogP) is 5.53. The largest absolute Gasteiger partial charge is 0.494 e. The first-order chi connectivity index (χ1) is 12.1. The number of rotatable bonds is 5. The Bertz CT molecular complexity index is 891. The summed E-state index contributed by atoms with van der Waals surface area (Å²) in [4.78, 5) is 18.0. The quantitative estimate of drug-likeness (QED) is 0.594. The van der Waals surface area contributed by atoms with E-state index in [9.17, 15) is 4.79 Å². The average Bonchev–Trinajstić information content (AvgIpc) is 2.96. The molecule has 1 aromatic heterocycles. The van der Waals surface area contributed by atoms with E-state index in [1.165, 1.54) is 11.3 Å². The van der Waals surface area contributed by atoms with Crippen molar-refractivity contribution in [1.29, 1.82) is 0 Å². The van der Waals surface area contributed by atoms with Gasteiger partial charge in [0.1, 0.15) is 5.75 Å². The zero-order chi connectivity index (χ0) is 17.8. The van der Waals surface area contributed by atoms with Crippen LogP contribution >= 0.6 is 27.3 Å². The number of amides is 1. The highest BCUT2D eigenvalue weighted by atomic mass is 79.9. The molecule has 0 aliphatic carbocycles. The number of halogens is 1. The van der Waals surface area contributed by atoms with Crippen molar-refractivity contribution in [2.45, 2.75) is 13.8 Å². The molecule has 3 rings (SSSR count). The minimum absolute atomic E-state index is 0.173. The molecule has 0 aliphatic heterocycles. The Labute approximate surface area is 159 Å². The number of aromatic nitrogens is 1. The summed E-state index contributed by atoms with van der Waals surface area (Å²) in [5.41, 5.74) is 2.46. The molecule has 4 nitrogen and oxygen atoms in total. The van der Waals surface area contributed by atoms with E-state index in [-0.39, 0.29) is 5.91 Å². The van der Waals surface area contributed by atoms with Gasteiger partial charge < -0.3 is 4.74 Å². The second-order valence-electron chi connectivity index (χ2n) is 5.35. The fourth-order valence-corrected chi connectivity index (χ4v) is 3.62. The number of carbonyl (C=O) groups excluding carboxylic acids is 1. The van der Waals surface area contributed by atoms with Crippen molar-refractivity contribution in [2.24, 2.45) is 0 Å². The van der Waals surface area contributed by atoms with Crippen LogP contribution in [0.1, 0.15) is 22.2 Å². The van der Waals surface area contributed by atoms with Crippen LogP contribution in [0.25, 0.3) is 11.3 Å².